The number of para-hydroxylation sites is 1. The molecular weight excluding hydrogens is 753 g/mol. The van der Waals surface area contributed by atoms with Gasteiger partial charge in [0.2, 0.25) is 0 Å². The first-order chi connectivity index (χ1) is 30.4. The van der Waals surface area contributed by atoms with Gasteiger partial charge in [-0.25, -0.2) is 9.97 Å². The highest BCUT2D eigenvalue weighted by Gasteiger charge is 2.37. The van der Waals surface area contributed by atoms with Crippen LogP contribution in [0, 0.1) is 0 Å². The van der Waals surface area contributed by atoms with Crippen LogP contribution < -0.4 is 0 Å². The third-order valence-electron chi connectivity index (χ3n) is 12.9. The molecule has 0 bridgehead atoms. The number of furan rings is 1. The average molecular weight is 793 g/mol. The van der Waals surface area contributed by atoms with Crippen LogP contribution in [0.3, 0.4) is 0 Å². The molecule has 0 atom stereocenters. The zero-order valence-corrected chi connectivity index (χ0v) is 34.4. The van der Waals surface area contributed by atoms with Crippen molar-refractivity contribution in [3.8, 4) is 78.4 Å². The van der Waals surface area contributed by atoms with Crippen LogP contribution in [0.15, 0.2) is 211 Å². The highest BCUT2D eigenvalue weighted by molar-refractivity contribution is 6.06. The second-order valence-corrected chi connectivity index (χ2v) is 17.0. The molecule has 2 heterocycles. The highest BCUT2D eigenvalue weighted by atomic mass is 16.3. The molecule has 2 aromatic heterocycles. The van der Waals surface area contributed by atoms with E-state index in [0.717, 1.165) is 72.3 Å². The molecule has 0 N–H and O–H groups in total. The minimum Gasteiger partial charge on any atom is -0.456 e. The Morgan fingerprint density at radius 1 is 0.355 bits per heavy atom. The summed E-state index contributed by atoms with van der Waals surface area (Å²) in [4.78, 5) is 10.5. The van der Waals surface area contributed by atoms with E-state index in [2.05, 4.69) is 190 Å². The van der Waals surface area contributed by atoms with Crippen LogP contribution in [-0.4, -0.2) is 9.97 Å². The fraction of sp³-hybridized carbons (Fsp3) is 0.0508. The summed E-state index contributed by atoms with van der Waals surface area (Å²) in [6.45, 7) is 4.71. The fourth-order valence-electron chi connectivity index (χ4n) is 9.64. The van der Waals surface area contributed by atoms with Gasteiger partial charge >= 0.3 is 0 Å². The predicted molar refractivity (Wildman–Crippen MR) is 257 cm³/mol. The molecule has 0 saturated carbocycles. The Labute approximate surface area is 360 Å². The third-order valence-corrected chi connectivity index (χ3v) is 12.9. The number of nitrogens with zero attached hydrogens (tertiary/aromatic N) is 2. The van der Waals surface area contributed by atoms with Gasteiger partial charge in [0.15, 0.2) is 5.82 Å². The van der Waals surface area contributed by atoms with Gasteiger partial charge in [-0.2, -0.15) is 0 Å². The molecule has 0 fully saturated rings. The summed E-state index contributed by atoms with van der Waals surface area (Å²) in [5, 5.41) is 4.76. The summed E-state index contributed by atoms with van der Waals surface area (Å²) in [6, 6.07) is 73.8. The minimum atomic E-state index is -0.103. The average Bonchev–Trinajstić information content (AvgIpc) is 3.82. The zero-order chi connectivity index (χ0) is 41.4. The van der Waals surface area contributed by atoms with Crippen LogP contribution in [-0.2, 0) is 5.41 Å². The second kappa shape index (κ2) is 14.1. The Morgan fingerprint density at radius 3 is 1.73 bits per heavy atom. The SMILES string of the molecule is CC1(C)c2cc3ccccc3cc2-c2c(-c3ccc(-c4cc(-c5cc(-c6ccccc6)cc(-c6ccc7oc8ccccc8c7c6)c5)nc(-c5ccccc5)n4)cc3)cccc21. The molecule has 0 spiro atoms. The molecule has 3 heteroatoms. The summed E-state index contributed by atoms with van der Waals surface area (Å²) in [7, 11) is 0. The van der Waals surface area contributed by atoms with Gasteiger partial charge in [0.05, 0.1) is 11.4 Å². The molecule has 62 heavy (non-hydrogen) atoms. The van der Waals surface area contributed by atoms with E-state index in [1.54, 1.807) is 0 Å². The Balaban J connectivity index is 0.993. The Bertz CT molecular complexity index is 3530. The molecule has 1 aliphatic carbocycles. The molecule has 3 nitrogen and oxygen atoms in total. The van der Waals surface area contributed by atoms with Gasteiger partial charge in [0, 0.05) is 32.9 Å². The van der Waals surface area contributed by atoms with E-state index in [1.807, 2.05) is 30.3 Å². The van der Waals surface area contributed by atoms with Gasteiger partial charge in [-0.3, -0.25) is 0 Å². The number of hydrogen-bond acceptors (Lipinski definition) is 3. The number of aromatic nitrogens is 2. The molecule has 1 aliphatic rings. The lowest BCUT2D eigenvalue weighted by atomic mass is 9.81. The van der Waals surface area contributed by atoms with Crippen molar-refractivity contribution in [2.45, 2.75) is 19.3 Å². The molecular formula is C59H40N2O. The predicted octanol–water partition coefficient (Wildman–Crippen LogP) is 15.8. The largest absolute Gasteiger partial charge is 0.456 e. The lowest BCUT2D eigenvalue weighted by molar-refractivity contribution is 0.661. The first-order valence-electron chi connectivity index (χ1n) is 21.3. The zero-order valence-electron chi connectivity index (χ0n) is 34.4. The van der Waals surface area contributed by atoms with Crippen LogP contribution in [0.25, 0.3) is 111 Å². The smallest absolute Gasteiger partial charge is 0.160 e. The van der Waals surface area contributed by atoms with Gasteiger partial charge in [0.25, 0.3) is 0 Å². The van der Waals surface area contributed by atoms with Crippen molar-refractivity contribution in [2.75, 3.05) is 0 Å². The first-order valence-corrected chi connectivity index (χ1v) is 21.3. The Morgan fingerprint density at radius 2 is 0.952 bits per heavy atom. The van der Waals surface area contributed by atoms with Crippen molar-refractivity contribution in [1.82, 2.24) is 9.97 Å². The number of fused-ring (bicyclic) bond motifs is 7. The molecule has 0 amide bonds. The summed E-state index contributed by atoms with van der Waals surface area (Å²) in [5.41, 5.74) is 18.7. The monoisotopic (exact) mass is 792 g/mol. The van der Waals surface area contributed by atoms with Gasteiger partial charge in [-0.1, -0.05) is 166 Å². The van der Waals surface area contributed by atoms with E-state index in [4.69, 9.17) is 14.4 Å². The summed E-state index contributed by atoms with van der Waals surface area (Å²) >= 11 is 0. The first kappa shape index (κ1) is 36.0. The van der Waals surface area contributed by atoms with E-state index >= 15 is 0 Å². The van der Waals surface area contributed by atoms with Gasteiger partial charge in [-0.15, -0.1) is 0 Å². The second-order valence-electron chi connectivity index (χ2n) is 17.0. The van der Waals surface area contributed by atoms with E-state index < -0.39 is 0 Å². The standard InChI is InChI=1S/C59H40N2O/c1-59(2)51-22-13-21-47(57(51)50-34-41-18-9-10-19-42(41)35-52(50)59)38-24-26-39(27-25-38)53-36-54(61-58(60-53)40-16-7-4-8-17-40)46-31-44(37-14-5-3-6-15-37)30-45(32-46)43-28-29-56-49(33-43)48-20-11-12-23-55(48)62-56/h3-36H,1-2H3. The van der Waals surface area contributed by atoms with Crippen molar-refractivity contribution in [3.63, 3.8) is 0 Å². The topological polar surface area (TPSA) is 38.9 Å². The molecule has 0 aliphatic heterocycles. The maximum Gasteiger partial charge on any atom is 0.160 e. The van der Waals surface area contributed by atoms with Crippen LogP contribution in [0.1, 0.15) is 25.0 Å². The molecule has 0 radical (unpaired) electrons. The van der Waals surface area contributed by atoms with Crippen molar-refractivity contribution >= 4 is 32.7 Å². The number of hydrogen-bond donors (Lipinski definition) is 0. The number of benzene rings is 9. The summed E-state index contributed by atoms with van der Waals surface area (Å²) in [5.74, 6) is 0.687. The van der Waals surface area contributed by atoms with E-state index in [0.29, 0.717) is 5.82 Å². The van der Waals surface area contributed by atoms with E-state index in [1.165, 1.54) is 44.2 Å². The maximum atomic E-state index is 6.21. The van der Waals surface area contributed by atoms with Crippen LogP contribution >= 0.6 is 0 Å². The Kier molecular flexibility index (Phi) is 8.20. The van der Waals surface area contributed by atoms with Crippen molar-refractivity contribution in [3.05, 3.63) is 217 Å². The van der Waals surface area contributed by atoms with Crippen molar-refractivity contribution < 1.29 is 4.42 Å². The summed E-state index contributed by atoms with van der Waals surface area (Å²) < 4.78 is 6.21. The van der Waals surface area contributed by atoms with E-state index in [9.17, 15) is 0 Å². The minimum absolute atomic E-state index is 0.103. The van der Waals surface area contributed by atoms with Crippen LogP contribution in [0.5, 0.6) is 0 Å². The normalized spacial score (nSPS) is 12.8. The highest BCUT2D eigenvalue weighted by Crippen LogP contribution is 2.53. The lowest BCUT2D eigenvalue weighted by Gasteiger charge is -2.22. The Hall–Kier alpha value is -7.88. The quantitative estimate of drug-likeness (QED) is 0.168. The van der Waals surface area contributed by atoms with Crippen molar-refractivity contribution in [2.24, 2.45) is 0 Å². The van der Waals surface area contributed by atoms with Crippen LogP contribution in [0.4, 0.5) is 0 Å². The molecule has 0 unspecified atom stereocenters. The van der Waals surface area contributed by atoms with Crippen LogP contribution in [0.2, 0.25) is 0 Å². The van der Waals surface area contributed by atoms with Gasteiger partial charge in [0.1, 0.15) is 11.2 Å². The van der Waals surface area contributed by atoms with E-state index in [-0.39, 0.29) is 5.41 Å². The maximum absolute atomic E-state index is 6.21. The van der Waals surface area contributed by atoms with Gasteiger partial charge in [-0.05, 0) is 121 Å². The molecule has 292 valence electrons. The molecule has 9 aromatic carbocycles. The summed E-state index contributed by atoms with van der Waals surface area (Å²) in [6.07, 6.45) is 0. The van der Waals surface area contributed by atoms with Gasteiger partial charge < -0.3 is 4.42 Å². The number of rotatable bonds is 6. The molecule has 11 aromatic rings. The lowest BCUT2D eigenvalue weighted by Crippen LogP contribution is -2.14. The molecule has 12 rings (SSSR count). The van der Waals surface area contributed by atoms with Crippen molar-refractivity contribution in [1.29, 1.82) is 0 Å². The third kappa shape index (κ3) is 5.96. The molecule has 0 saturated heterocycles. The fourth-order valence-corrected chi connectivity index (χ4v) is 9.64.